The first-order valence-corrected chi connectivity index (χ1v) is 9.13. The Balaban J connectivity index is 1.60. The molecule has 0 saturated carbocycles. The number of halogens is 2. The number of rotatable bonds is 6. The van der Waals surface area contributed by atoms with Gasteiger partial charge in [0.2, 0.25) is 0 Å². The van der Waals surface area contributed by atoms with Crippen LogP contribution in [0.5, 0.6) is 5.75 Å². The molecule has 142 valence electrons. The fourth-order valence-electron chi connectivity index (χ4n) is 2.41. The van der Waals surface area contributed by atoms with E-state index in [2.05, 4.69) is 10.5 Å². The number of carbonyl (C=O) groups excluding carboxylic acids is 1. The highest BCUT2D eigenvalue weighted by Gasteiger charge is 2.07. The minimum Gasteiger partial charge on any atom is -0.489 e. The van der Waals surface area contributed by atoms with Crippen molar-refractivity contribution in [2.24, 2.45) is 5.10 Å². The summed E-state index contributed by atoms with van der Waals surface area (Å²) in [5.74, 6) is 0.271. The molecule has 0 radical (unpaired) electrons. The van der Waals surface area contributed by atoms with Crippen LogP contribution in [0.25, 0.3) is 0 Å². The van der Waals surface area contributed by atoms with E-state index in [9.17, 15) is 4.79 Å². The van der Waals surface area contributed by atoms with Crippen molar-refractivity contribution < 1.29 is 9.53 Å². The summed E-state index contributed by atoms with van der Waals surface area (Å²) in [6.07, 6.45) is 1.53. The number of carbonyl (C=O) groups is 1. The van der Waals surface area contributed by atoms with E-state index in [1.54, 1.807) is 42.5 Å². The van der Waals surface area contributed by atoms with Gasteiger partial charge in [-0.05, 0) is 42.0 Å². The Kier molecular flexibility index (Phi) is 6.53. The van der Waals surface area contributed by atoms with Gasteiger partial charge in [0.25, 0.3) is 5.91 Å². The largest absolute Gasteiger partial charge is 0.489 e. The maximum absolute atomic E-state index is 12.1. The Labute approximate surface area is 172 Å². The van der Waals surface area contributed by atoms with Gasteiger partial charge in [-0.1, -0.05) is 53.5 Å². The molecule has 3 N–H and O–H groups in total. The molecule has 0 aliphatic heterocycles. The summed E-state index contributed by atoms with van der Waals surface area (Å²) in [5.41, 5.74) is 10.6. The van der Waals surface area contributed by atoms with Gasteiger partial charge < -0.3 is 10.5 Å². The lowest BCUT2D eigenvalue weighted by Crippen LogP contribution is -2.18. The number of nitrogens with two attached hydrogens (primary N) is 1. The first-order chi connectivity index (χ1) is 13.5. The second kappa shape index (κ2) is 9.26. The highest BCUT2D eigenvalue weighted by Crippen LogP contribution is 2.23. The summed E-state index contributed by atoms with van der Waals surface area (Å²) >= 11 is 12.0. The van der Waals surface area contributed by atoms with Gasteiger partial charge in [-0.15, -0.1) is 0 Å². The molecule has 0 atom stereocenters. The lowest BCUT2D eigenvalue weighted by molar-refractivity contribution is 0.0956. The van der Waals surface area contributed by atoms with Crippen LogP contribution in [0, 0.1) is 0 Å². The van der Waals surface area contributed by atoms with Crippen LogP contribution < -0.4 is 15.9 Å². The number of nitrogen functional groups attached to an aromatic ring is 1. The third-order valence-corrected chi connectivity index (χ3v) is 4.44. The van der Waals surface area contributed by atoms with Crippen LogP contribution >= 0.6 is 23.2 Å². The van der Waals surface area contributed by atoms with Gasteiger partial charge in [-0.2, -0.15) is 5.10 Å². The van der Waals surface area contributed by atoms with Gasteiger partial charge in [-0.25, -0.2) is 5.43 Å². The van der Waals surface area contributed by atoms with E-state index in [0.717, 1.165) is 11.1 Å². The van der Waals surface area contributed by atoms with Gasteiger partial charge in [0.1, 0.15) is 12.4 Å². The fourth-order valence-corrected chi connectivity index (χ4v) is 2.88. The van der Waals surface area contributed by atoms with E-state index in [-0.39, 0.29) is 5.91 Å². The zero-order valence-corrected chi connectivity index (χ0v) is 16.2. The Morgan fingerprint density at radius 2 is 1.89 bits per heavy atom. The van der Waals surface area contributed by atoms with Gasteiger partial charge >= 0.3 is 0 Å². The molecule has 28 heavy (non-hydrogen) atoms. The monoisotopic (exact) mass is 413 g/mol. The van der Waals surface area contributed by atoms with Crippen LogP contribution in [-0.2, 0) is 6.61 Å². The number of para-hydroxylation sites is 1. The Hall–Kier alpha value is -3.02. The number of amides is 1. The first kappa shape index (κ1) is 19.7. The normalized spacial score (nSPS) is 10.8. The molecule has 0 aliphatic carbocycles. The van der Waals surface area contributed by atoms with E-state index in [0.29, 0.717) is 33.7 Å². The van der Waals surface area contributed by atoms with Crippen molar-refractivity contribution >= 4 is 41.0 Å². The van der Waals surface area contributed by atoms with E-state index >= 15 is 0 Å². The lowest BCUT2D eigenvalue weighted by Gasteiger charge is -2.08. The SMILES string of the molecule is Nc1ccccc1C(=O)N/N=C\c1cccc(OCc2ccc(Cl)cc2Cl)c1. The zero-order valence-electron chi connectivity index (χ0n) is 14.7. The Morgan fingerprint density at radius 3 is 2.68 bits per heavy atom. The van der Waals surface area contributed by atoms with Crippen LogP contribution in [0.3, 0.4) is 0 Å². The summed E-state index contributed by atoms with van der Waals surface area (Å²) < 4.78 is 5.77. The number of ether oxygens (including phenoxy) is 1. The molecular formula is C21H17Cl2N3O2. The zero-order chi connectivity index (χ0) is 19.9. The topological polar surface area (TPSA) is 76.7 Å². The summed E-state index contributed by atoms with van der Waals surface area (Å²) in [5, 5.41) is 5.10. The third-order valence-electron chi connectivity index (χ3n) is 3.85. The van der Waals surface area contributed by atoms with Gasteiger partial charge in [0.15, 0.2) is 0 Å². The summed E-state index contributed by atoms with van der Waals surface area (Å²) in [6.45, 7) is 0.306. The molecule has 0 fully saturated rings. The molecule has 0 aliphatic rings. The summed E-state index contributed by atoms with van der Waals surface area (Å²) in [4.78, 5) is 12.1. The second-order valence-corrected chi connectivity index (χ2v) is 6.73. The van der Waals surface area contributed by atoms with Crippen molar-refractivity contribution in [1.82, 2.24) is 5.43 Å². The highest BCUT2D eigenvalue weighted by molar-refractivity contribution is 6.35. The average molecular weight is 414 g/mol. The standard InChI is InChI=1S/C21H17Cl2N3O2/c22-16-9-8-15(19(23)11-16)13-28-17-5-3-4-14(10-17)12-25-26-21(27)18-6-1-2-7-20(18)24/h1-12H,13,24H2,(H,26,27)/b25-12-. The quantitative estimate of drug-likeness (QED) is 0.342. The number of hydrogen-bond donors (Lipinski definition) is 2. The summed E-state index contributed by atoms with van der Waals surface area (Å²) in [7, 11) is 0. The number of hydrazone groups is 1. The van der Waals surface area contributed by atoms with E-state index in [1.165, 1.54) is 6.21 Å². The van der Waals surface area contributed by atoms with Crippen LogP contribution in [0.4, 0.5) is 5.69 Å². The van der Waals surface area contributed by atoms with Crippen LogP contribution in [0.1, 0.15) is 21.5 Å². The average Bonchev–Trinajstić information content (AvgIpc) is 2.68. The predicted octanol–water partition coefficient (Wildman–Crippen LogP) is 4.92. The minimum atomic E-state index is -0.376. The number of anilines is 1. The molecule has 0 bridgehead atoms. The Bertz CT molecular complexity index is 1020. The number of benzene rings is 3. The molecule has 0 heterocycles. The van der Waals surface area contributed by atoms with Crippen LogP contribution in [0.2, 0.25) is 10.0 Å². The van der Waals surface area contributed by atoms with Crippen molar-refractivity contribution in [3.05, 3.63) is 93.5 Å². The van der Waals surface area contributed by atoms with Gasteiger partial charge in [0.05, 0.1) is 11.8 Å². The van der Waals surface area contributed by atoms with Crippen LogP contribution in [-0.4, -0.2) is 12.1 Å². The molecule has 3 aromatic rings. The minimum absolute atomic E-state index is 0.306. The molecule has 5 nitrogen and oxygen atoms in total. The maximum atomic E-state index is 12.1. The molecular weight excluding hydrogens is 397 g/mol. The summed E-state index contributed by atoms with van der Waals surface area (Å²) in [6, 6.07) is 19.3. The van der Waals surface area contributed by atoms with E-state index in [4.69, 9.17) is 33.7 Å². The molecule has 0 aromatic heterocycles. The number of nitrogens with zero attached hydrogens (tertiary/aromatic N) is 1. The van der Waals surface area contributed by atoms with Crippen molar-refractivity contribution in [2.45, 2.75) is 6.61 Å². The number of hydrogen-bond acceptors (Lipinski definition) is 4. The first-order valence-electron chi connectivity index (χ1n) is 8.37. The van der Waals surface area contributed by atoms with Crippen molar-refractivity contribution in [3.63, 3.8) is 0 Å². The molecule has 0 spiro atoms. The Morgan fingerprint density at radius 1 is 1.07 bits per heavy atom. The number of nitrogens with one attached hydrogen (secondary N) is 1. The molecule has 0 saturated heterocycles. The van der Waals surface area contributed by atoms with E-state index in [1.807, 2.05) is 24.3 Å². The molecule has 7 heteroatoms. The fraction of sp³-hybridized carbons (Fsp3) is 0.0476. The van der Waals surface area contributed by atoms with Gasteiger partial charge in [0, 0.05) is 21.3 Å². The van der Waals surface area contributed by atoms with Crippen molar-refractivity contribution in [2.75, 3.05) is 5.73 Å². The third kappa shape index (κ3) is 5.25. The van der Waals surface area contributed by atoms with E-state index < -0.39 is 0 Å². The molecule has 0 unspecified atom stereocenters. The molecule has 1 amide bonds. The highest BCUT2D eigenvalue weighted by atomic mass is 35.5. The molecule has 3 rings (SSSR count). The maximum Gasteiger partial charge on any atom is 0.273 e. The second-order valence-electron chi connectivity index (χ2n) is 5.88. The van der Waals surface area contributed by atoms with Gasteiger partial charge in [-0.3, -0.25) is 4.79 Å². The predicted molar refractivity (Wildman–Crippen MR) is 113 cm³/mol. The lowest BCUT2D eigenvalue weighted by atomic mass is 10.2. The smallest absolute Gasteiger partial charge is 0.273 e. The van der Waals surface area contributed by atoms with Crippen LogP contribution in [0.15, 0.2) is 71.8 Å². The van der Waals surface area contributed by atoms with Crippen molar-refractivity contribution in [3.8, 4) is 5.75 Å². The molecule has 3 aromatic carbocycles. The van der Waals surface area contributed by atoms with Crippen molar-refractivity contribution in [1.29, 1.82) is 0 Å².